The fourth-order valence-corrected chi connectivity index (χ4v) is 6.43. The predicted octanol–water partition coefficient (Wildman–Crippen LogP) is 4.67. The fourth-order valence-electron chi connectivity index (χ4n) is 5.37. The first-order valence-corrected chi connectivity index (χ1v) is 11.6. The van der Waals surface area contributed by atoms with Crippen molar-refractivity contribution in [2.45, 2.75) is 51.0 Å². The van der Waals surface area contributed by atoms with Gasteiger partial charge in [-0.05, 0) is 78.6 Å². The van der Waals surface area contributed by atoms with Crippen molar-refractivity contribution in [2.24, 2.45) is 10.8 Å². The van der Waals surface area contributed by atoms with Crippen LogP contribution in [0.2, 0.25) is 0 Å². The SMILES string of the molecule is CC1(C)CC2CC(C)(CN2C(=O)c2ccc(NS(=O)(=O)c3ccc(F)cc3)cc2)C1. The summed E-state index contributed by atoms with van der Waals surface area (Å²) < 4.78 is 40.4. The van der Waals surface area contributed by atoms with Crippen LogP contribution in [-0.4, -0.2) is 31.8 Å². The number of hydrogen-bond donors (Lipinski definition) is 1. The van der Waals surface area contributed by atoms with Crippen LogP contribution in [0.4, 0.5) is 10.1 Å². The summed E-state index contributed by atoms with van der Waals surface area (Å²) >= 11 is 0. The van der Waals surface area contributed by atoms with Crippen molar-refractivity contribution in [1.82, 2.24) is 4.90 Å². The number of amides is 1. The third-order valence-corrected chi connectivity index (χ3v) is 7.58. The molecule has 1 saturated heterocycles. The quantitative estimate of drug-likeness (QED) is 0.767. The molecule has 0 radical (unpaired) electrons. The second-order valence-electron chi connectivity index (χ2n) is 9.78. The maximum absolute atomic E-state index is 13.1. The second kappa shape index (κ2) is 7.08. The van der Waals surface area contributed by atoms with E-state index in [-0.39, 0.29) is 27.7 Å². The molecular formula is C23H27FN2O3S. The molecule has 2 bridgehead atoms. The standard InChI is InChI=1S/C23H27FN2O3S/c1-22(2)12-19-13-23(3,14-22)15-26(19)21(27)16-4-8-18(9-5-16)25-30(28,29)20-10-6-17(24)7-11-20/h4-11,19,25H,12-15H2,1-3H3. The minimum atomic E-state index is -3.82. The van der Waals surface area contributed by atoms with E-state index in [0.717, 1.165) is 37.9 Å². The Labute approximate surface area is 177 Å². The molecule has 2 aromatic carbocycles. The Morgan fingerprint density at radius 3 is 2.30 bits per heavy atom. The Balaban J connectivity index is 1.49. The van der Waals surface area contributed by atoms with Crippen molar-refractivity contribution in [3.8, 4) is 0 Å². The second-order valence-corrected chi connectivity index (χ2v) is 11.5. The van der Waals surface area contributed by atoms with Gasteiger partial charge in [0, 0.05) is 23.8 Å². The van der Waals surface area contributed by atoms with E-state index in [9.17, 15) is 17.6 Å². The van der Waals surface area contributed by atoms with Crippen LogP contribution in [0.15, 0.2) is 53.4 Å². The maximum atomic E-state index is 13.1. The van der Waals surface area contributed by atoms with E-state index >= 15 is 0 Å². The van der Waals surface area contributed by atoms with E-state index < -0.39 is 15.8 Å². The number of carbonyl (C=O) groups is 1. The number of rotatable bonds is 4. The van der Waals surface area contributed by atoms with Crippen LogP contribution >= 0.6 is 0 Å². The first kappa shape index (κ1) is 20.8. The minimum absolute atomic E-state index is 0.00522. The molecular weight excluding hydrogens is 403 g/mol. The van der Waals surface area contributed by atoms with Crippen LogP contribution < -0.4 is 4.72 Å². The molecule has 2 atom stereocenters. The maximum Gasteiger partial charge on any atom is 0.261 e. The van der Waals surface area contributed by atoms with Crippen LogP contribution in [-0.2, 0) is 10.0 Å². The molecule has 2 aliphatic rings. The summed E-state index contributed by atoms with van der Waals surface area (Å²) in [5.41, 5.74) is 1.29. The number of likely N-dealkylation sites (tertiary alicyclic amines) is 1. The van der Waals surface area contributed by atoms with Crippen molar-refractivity contribution in [3.63, 3.8) is 0 Å². The average molecular weight is 431 g/mol. The van der Waals surface area contributed by atoms with Gasteiger partial charge in [0.25, 0.3) is 15.9 Å². The number of halogens is 1. The molecule has 0 aromatic heterocycles. The van der Waals surface area contributed by atoms with Gasteiger partial charge in [-0.3, -0.25) is 9.52 Å². The lowest BCUT2D eigenvalue weighted by molar-refractivity contribution is 0.0708. The van der Waals surface area contributed by atoms with Crippen LogP contribution in [0.25, 0.3) is 0 Å². The van der Waals surface area contributed by atoms with Crippen LogP contribution in [0.3, 0.4) is 0 Å². The lowest BCUT2D eigenvalue weighted by atomic mass is 9.65. The van der Waals surface area contributed by atoms with E-state index in [0.29, 0.717) is 11.3 Å². The van der Waals surface area contributed by atoms with Crippen LogP contribution in [0.1, 0.15) is 50.4 Å². The molecule has 30 heavy (non-hydrogen) atoms. The summed E-state index contributed by atoms with van der Waals surface area (Å²) in [6, 6.07) is 11.4. The molecule has 4 rings (SSSR count). The molecule has 1 saturated carbocycles. The Hall–Kier alpha value is -2.41. The van der Waals surface area contributed by atoms with Gasteiger partial charge in [-0.25, -0.2) is 12.8 Å². The molecule has 2 fully saturated rings. The predicted molar refractivity (Wildman–Crippen MR) is 114 cm³/mol. The molecule has 2 unspecified atom stereocenters. The van der Waals surface area contributed by atoms with Gasteiger partial charge in [-0.15, -0.1) is 0 Å². The third kappa shape index (κ3) is 4.08. The minimum Gasteiger partial charge on any atom is -0.335 e. The van der Waals surface area contributed by atoms with Gasteiger partial charge in [-0.2, -0.15) is 0 Å². The summed E-state index contributed by atoms with van der Waals surface area (Å²) in [5, 5.41) is 0. The van der Waals surface area contributed by atoms with Crippen molar-refractivity contribution in [2.75, 3.05) is 11.3 Å². The number of nitrogens with one attached hydrogen (secondary N) is 1. The Morgan fingerprint density at radius 1 is 1.03 bits per heavy atom. The van der Waals surface area contributed by atoms with Crippen molar-refractivity contribution >= 4 is 21.6 Å². The molecule has 1 amide bonds. The number of carbonyl (C=O) groups excluding carboxylic acids is 1. The molecule has 1 aliphatic carbocycles. The third-order valence-electron chi connectivity index (χ3n) is 6.18. The summed E-state index contributed by atoms with van der Waals surface area (Å²) in [7, 11) is -3.82. The smallest absolute Gasteiger partial charge is 0.261 e. The summed E-state index contributed by atoms with van der Waals surface area (Å²) in [6.07, 6.45) is 3.16. The van der Waals surface area contributed by atoms with Gasteiger partial charge >= 0.3 is 0 Å². The highest BCUT2D eigenvalue weighted by Gasteiger charge is 2.51. The molecule has 1 N–H and O–H groups in total. The Morgan fingerprint density at radius 2 is 1.67 bits per heavy atom. The summed E-state index contributed by atoms with van der Waals surface area (Å²) in [6.45, 7) is 7.57. The number of anilines is 1. The average Bonchev–Trinajstić information content (AvgIpc) is 2.90. The van der Waals surface area contributed by atoms with E-state index in [1.807, 2.05) is 4.90 Å². The van der Waals surface area contributed by atoms with Crippen molar-refractivity contribution < 1.29 is 17.6 Å². The summed E-state index contributed by atoms with van der Waals surface area (Å²) in [4.78, 5) is 15.1. The highest BCUT2D eigenvalue weighted by molar-refractivity contribution is 7.92. The first-order chi connectivity index (χ1) is 14.0. The van der Waals surface area contributed by atoms with Gasteiger partial charge in [0.05, 0.1) is 4.90 Å². The zero-order valence-corrected chi connectivity index (χ0v) is 18.3. The van der Waals surface area contributed by atoms with Crippen molar-refractivity contribution in [3.05, 3.63) is 59.9 Å². The molecule has 7 heteroatoms. The van der Waals surface area contributed by atoms with Crippen LogP contribution in [0.5, 0.6) is 0 Å². The fraction of sp³-hybridized carbons (Fsp3) is 0.435. The highest BCUT2D eigenvalue weighted by atomic mass is 32.2. The number of hydrogen-bond acceptors (Lipinski definition) is 3. The van der Waals surface area contributed by atoms with Crippen LogP contribution in [0, 0.1) is 16.6 Å². The zero-order valence-electron chi connectivity index (χ0n) is 17.5. The lowest BCUT2D eigenvalue weighted by Crippen LogP contribution is -2.37. The van der Waals surface area contributed by atoms with E-state index in [2.05, 4.69) is 25.5 Å². The van der Waals surface area contributed by atoms with Gasteiger partial charge in [0.2, 0.25) is 0 Å². The Bertz CT molecular complexity index is 1060. The summed E-state index contributed by atoms with van der Waals surface area (Å²) in [5.74, 6) is -0.505. The molecule has 5 nitrogen and oxygen atoms in total. The normalized spacial score (nSPS) is 25.2. The van der Waals surface area contributed by atoms with E-state index in [4.69, 9.17) is 0 Å². The number of fused-ring (bicyclic) bond motifs is 2. The molecule has 1 aliphatic heterocycles. The molecule has 0 spiro atoms. The largest absolute Gasteiger partial charge is 0.335 e. The van der Waals surface area contributed by atoms with Gasteiger partial charge < -0.3 is 4.90 Å². The lowest BCUT2D eigenvalue weighted by Gasteiger charge is -2.39. The van der Waals surface area contributed by atoms with E-state index in [1.54, 1.807) is 24.3 Å². The highest BCUT2D eigenvalue weighted by Crippen LogP contribution is 2.52. The zero-order chi connectivity index (χ0) is 21.7. The van der Waals surface area contributed by atoms with Gasteiger partial charge in [0.15, 0.2) is 0 Å². The topological polar surface area (TPSA) is 66.5 Å². The first-order valence-electron chi connectivity index (χ1n) is 10.2. The number of benzene rings is 2. The molecule has 2 aromatic rings. The monoisotopic (exact) mass is 430 g/mol. The van der Waals surface area contributed by atoms with Crippen molar-refractivity contribution in [1.29, 1.82) is 0 Å². The number of nitrogens with zero attached hydrogens (tertiary/aromatic N) is 1. The van der Waals surface area contributed by atoms with E-state index in [1.165, 1.54) is 12.1 Å². The Kier molecular flexibility index (Phi) is 4.92. The van der Waals surface area contributed by atoms with Gasteiger partial charge in [-0.1, -0.05) is 20.8 Å². The molecule has 160 valence electrons. The molecule has 1 heterocycles. The number of sulfonamides is 1. The van der Waals surface area contributed by atoms with Gasteiger partial charge in [0.1, 0.15) is 5.82 Å².